The molecule has 2 heterocycles. The Morgan fingerprint density at radius 3 is 2.89 bits per heavy atom. The van der Waals surface area contributed by atoms with E-state index in [9.17, 15) is 4.79 Å². The summed E-state index contributed by atoms with van der Waals surface area (Å²) in [5.74, 6) is -0.340. The van der Waals surface area contributed by atoms with Crippen LogP contribution in [0, 0.1) is 6.92 Å². The van der Waals surface area contributed by atoms with Crippen molar-refractivity contribution >= 4 is 5.97 Å². The van der Waals surface area contributed by atoms with Gasteiger partial charge in [-0.25, -0.2) is 9.67 Å². The number of tetrazole rings is 1. The number of carboxylic acid groups (broad SMARTS) is 1. The van der Waals surface area contributed by atoms with Crippen LogP contribution in [0.15, 0.2) is 12.4 Å². The van der Waals surface area contributed by atoms with E-state index in [-0.39, 0.29) is 6.42 Å². The van der Waals surface area contributed by atoms with Crippen molar-refractivity contribution in [3.8, 4) is 11.5 Å². The van der Waals surface area contributed by atoms with Crippen molar-refractivity contribution in [1.82, 2.24) is 30.2 Å². The van der Waals surface area contributed by atoms with E-state index < -0.39 is 5.97 Å². The van der Waals surface area contributed by atoms with Gasteiger partial charge in [0.15, 0.2) is 0 Å². The zero-order valence-corrected chi connectivity index (χ0v) is 9.81. The third kappa shape index (κ3) is 2.84. The molecule has 0 aliphatic heterocycles. The first-order valence-corrected chi connectivity index (χ1v) is 5.44. The Morgan fingerprint density at radius 2 is 2.22 bits per heavy atom. The molecule has 0 fully saturated rings. The van der Waals surface area contributed by atoms with Gasteiger partial charge in [0.05, 0.1) is 11.9 Å². The number of carboxylic acids is 1. The van der Waals surface area contributed by atoms with Gasteiger partial charge in [0, 0.05) is 19.2 Å². The number of hydrogen-bond donors (Lipinski definition) is 1. The average Bonchev–Trinajstić information content (AvgIpc) is 2.78. The topological polar surface area (TPSA) is 107 Å². The number of aliphatic carboxylic acids is 1. The monoisotopic (exact) mass is 248 g/mol. The molecule has 0 radical (unpaired) electrons. The SMILES string of the molecule is Cc1cnc(-c2nnnn2CCCC(=O)O)cn1. The smallest absolute Gasteiger partial charge is 0.303 e. The van der Waals surface area contributed by atoms with Gasteiger partial charge in [-0.15, -0.1) is 5.10 Å². The highest BCUT2D eigenvalue weighted by atomic mass is 16.4. The van der Waals surface area contributed by atoms with E-state index in [1.54, 1.807) is 12.4 Å². The number of rotatable bonds is 5. The first-order chi connectivity index (χ1) is 8.66. The summed E-state index contributed by atoms with van der Waals surface area (Å²) in [5.41, 5.74) is 1.38. The summed E-state index contributed by atoms with van der Waals surface area (Å²) in [6.45, 7) is 2.27. The normalized spacial score (nSPS) is 10.5. The van der Waals surface area contributed by atoms with Crippen LogP contribution >= 0.6 is 0 Å². The lowest BCUT2D eigenvalue weighted by Crippen LogP contribution is -2.06. The van der Waals surface area contributed by atoms with Crippen molar-refractivity contribution in [2.75, 3.05) is 0 Å². The Kier molecular flexibility index (Phi) is 3.56. The van der Waals surface area contributed by atoms with Crippen LogP contribution in [0.2, 0.25) is 0 Å². The Bertz CT molecular complexity index is 536. The average molecular weight is 248 g/mol. The maximum atomic E-state index is 10.4. The Hall–Kier alpha value is -2.38. The molecule has 0 aromatic carbocycles. The van der Waals surface area contributed by atoms with Crippen LogP contribution < -0.4 is 0 Å². The standard InChI is InChI=1S/C10H12N6O2/c1-7-5-12-8(6-11-7)10-13-14-15-16(10)4-2-3-9(17)18/h5-6H,2-4H2,1H3,(H,17,18). The number of carbonyl (C=O) groups is 1. The molecule has 0 amide bonds. The molecule has 0 bridgehead atoms. The minimum atomic E-state index is -0.834. The highest BCUT2D eigenvalue weighted by molar-refractivity contribution is 5.66. The van der Waals surface area contributed by atoms with Crippen molar-refractivity contribution in [3.63, 3.8) is 0 Å². The minimum absolute atomic E-state index is 0.0822. The van der Waals surface area contributed by atoms with E-state index in [4.69, 9.17) is 5.11 Å². The Balaban J connectivity index is 2.12. The molecule has 1 N–H and O–H groups in total. The molecule has 0 saturated carbocycles. The fourth-order valence-electron chi connectivity index (χ4n) is 1.43. The first-order valence-electron chi connectivity index (χ1n) is 5.44. The van der Waals surface area contributed by atoms with Gasteiger partial charge in [-0.1, -0.05) is 0 Å². The van der Waals surface area contributed by atoms with E-state index in [0.717, 1.165) is 5.69 Å². The minimum Gasteiger partial charge on any atom is -0.481 e. The van der Waals surface area contributed by atoms with Gasteiger partial charge in [0.25, 0.3) is 0 Å². The molecule has 2 aromatic heterocycles. The third-order valence-electron chi connectivity index (χ3n) is 2.30. The summed E-state index contributed by atoms with van der Waals surface area (Å²) in [5, 5.41) is 19.8. The largest absolute Gasteiger partial charge is 0.481 e. The number of aryl methyl sites for hydroxylation is 2. The summed E-state index contributed by atoms with van der Waals surface area (Å²) in [4.78, 5) is 18.7. The van der Waals surface area contributed by atoms with E-state index in [0.29, 0.717) is 24.5 Å². The van der Waals surface area contributed by atoms with Gasteiger partial charge in [0.1, 0.15) is 5.69 Å². The fraction of sp³-hybridized carbons (Fsp3) is 0.400. The fourth-order valence-corrected chi connectivity index (χ4v) is 1.43. The number of hydrogen-bond acceptors (Lipinski definition) is 6. The molecular weight excluding hydrogens is 236 g/mol. The molecule has 2 rings (SSSR count). The molecule has 0 saturated heterocycles. The van der Waals surface area contributed by atoms with Gasteiger partial charge < -0.3 is 5.11 Å². The molecule has 0 atom stereocenters. The lowest BCUT2D eigenvalue weighted by atomic mass is 10.3. The van der Waals surface area contributed by atoms with Crippen LogP contribution in [-0.4, -0.2) is 41.3 Å². The molecule has 94 valence electrons. The summed E-state index contributed by atoms with van der Waals surface area (Å²) >= 11 is 0. The van der Waals surface area contributed by atoms with Gasteiger partial charge in [0.2, 0.25) is 5.82 Å². The van der Waals surface area contributed by atoms with E-state index >= 15 is 0 Å². The van der Waals surface area contributed by atoms with Crippen molar-refractivity contribution in [2.24, 2.45) is 0 Å². The van der Waals surface area contributed by atoms with Gasteiger partial charge in [-0.05, 0) is 23.8 Å². The predicted molar refractivity (Wildman–Crippen MR) is 60.4 cm³/mol. The lowest BCUT2D eigenvalue weighted by molar-refractivity contribution is -0.137. The number of aromatic nitrogens is 6. The van der Waals surface area contributed by atoms with Gasteiger partial charge in [-0.2, -0.15) is 0 Å². The first kappa shape index (κ1) is 12.1. The summed E-state index contributed by atoms with van der Waals surface area (Å²) < 4.78 is 1.53. The molecular formula is C10H12N6O2. The number of nitrogens with zero attached hydrogens (tertiary/aromatic N) is 6. The van der Waals surface area contributed by atoms with Gasteiger partial charge in [-0.3, -0.25) is 9.78 Å². The van der Waals surface area contributed by atoms with E-state index in [1.165, 1.54) is 4.68 Å². The van der Waals surface area contributed by atoms with Crippen LogP contribution in [0.1, 0.15) is 18.5 Å². The molecule has 0 aliphatic rings. The zero-order chi connectivity index (χ0) is 13.0. The molecule has 0 aliphatic carbocycles. The maximum absolute atomic E-state index is 10.4. The molecule has 2 aromatic rings. The second-order valence-corrected chi connectivity index (χ2v) is 3.77. The second-order valence-electron chi connectivity index (χ2n) is 3.77. The van der Waals surface area contributed by atoms with Gasteiger partial charge >= 0.3 is 5.97 Å². The summed E-state index contributed by atoms with van der Waals surface area (Å²) in [6, 6.07) is 0. The van der Waals surface area contributed by atoms with Crippen LogP contribution in [0.5, 0.6) is 0 Å². The quantitative estimate of drug-likeness (QED) is 0.810. The zero-order valence-electron chi connectivity index (χ0n) is 9.81. The molecule has 18 heavy (non-hydrogen) atoms. The second kappa shape index (κ2) is 5.30. The van der Waals surface area contributed by atoms with Crippen LogP contribution in [0.3, 0.4) is 0 Å². The predicted octanol–water partition coefficient (Wildman–Crippen LogP) is 0.303. The Labute approximate surface area is 103 Å². The molecule has 0 spiro atoms. The van der Waals surface area contributed by atoms with E-state index in [2.05, 4.69) is 25.5 Å². The van der Waals surface area contributed by atoms with Crippen LogP contribution in [0.4, 0.5) is 0 Å². The molecule has 0 unspecified atom stereocenters. The Morgan fingerprint density at radius 1 is 1.39 bits per heavy atom. The highest BCUT2D eigenvalue weighted by Crippen LogP contribution is 2.11. The van der Waals surface area contributed by atoms with Crippen molar-refractivity contribution < 1.29 is 9.90 Å². The van der Waals surface area contributed by atoms with Crippen LogP contribution in [0.25, 0.3) is 11.5 Å². The summed E-state index contributed by atoms with van der Waals surface area (Å²) in [7, 11) is 0. The molecule has 8 nitrogen and oxygen atoms in total. The van der Waals surface area contributed by atoms with Crippen molar-refractivity contribution in [1.29, 1.82) is 0 Å². The highest BCUT2D eigenvalue weighted by Gasteiger charge is 2.10. The van der Waals surface area contributed by atoms with Crippen LogP contribution in [-0.2, 0) is 11.3 Å². The third-order valence-corrected chi connectivity index (χ3v) is 2.30. The summed E-state index contributed by atoms with van der Waals surface area (Å²) in [6.07, 6.45) is 3.77. The van der Waals surface area contributed by atoms with Crippen molar-refractivity contribution in [3.05, 3.63) is 18.1 Å². The van der Waals surface area contributed by atoms with Crippen molar-refractivity contribution in [2.45, 2.75) is 26.3 Å². The van der Waals surface area contributed by atoms with E-state index in [1.807, 2.05) is 6.92 Å². The maximum Gasteiger partial charge on any atom is 0.303 e. The molecule has 8 heteroatoms. The lowest BCUT2D eigenvalue weighted by Gasteiger charge is -2.02.